The van der Waals surface area contributed by atoms with Gasteiger partial charge in [-0.25, -0.2) is 9.48 Å². The predicted octanol–water partition coefficient (Wildman–Crippen LogP) is 3.92. The number of carboxylic acids is 1. The molecule has 0 aliphatic rings. The smallest absolute Gasteiger partial charge is 0.358 e. The molecule has 0 saturated heterocycles. The third kappa shape index (κ3) is 4.50. The van der Waals surface area contributed by atoms with Crippen LogP contribution in [0.1, 0.15) is 21.7 Å². The van der Waals surface area contributed by atoms with Crippen LogP contribution in [0.25, 0.3) is 0 Å². The molecule has 1 aromatic heterocycles. The fourth-order valence-electron chi connectivity index (χ4n) is 2.39. The number of rotatable bonds is 7. The highest BCUT2D eigenvalue weighted by atomic mass is 35.5. The summed E-state index contributed by atoms with van der Waals surface area (Å²) in [7, 11) is 1.59. The van der Waals surface area contributed by atoms with Gasteiger partial charge in [0.2, 0.25) is 0 Å². The summed E-state index contributed by atoms with van der Waals surface area (Å²) in [6.45, 7) is 0.299. The first-order valence-electron chi connectivity index (χ1n) is 7.84. The topological polar surface area (TPSA) is 86.5 Å². The lowest BCUT2D eigenvalue weighted by Gasteiger charge is -2.10. The van der Waals surface area contributed by atoms with Crippen molar-refractivity contribution in [3.05, 3.63) is 69.5 Å². The highest BCUT2D eigenvalue weighted by molar-refractivity contribution is 6.42. The summed E-state index contributed by atoms with van der Waals surface area (Å²) in [6, 6.07) is 12.2. The number of carbonyl (C=O) groups is 1. The van der Waals surface area contributed by atoms with E-state index in [1.165, 1.54) is 4.68 Å². The monoisotopic (exact) mass is 407 g/mol. The van der Waals surface area contributed by atoms with Crippen molar-refractivity contribution >= 4 is 29.2 Å². The van der Waals surface area contributed by atoms with Crippen molar-refractivity contribution in [3.63, 3.8) is 0 Å². The quantitative estimate of drug-likeness (QED) is 0.638. The zero-order valence-electron chi connectivity index (χ0n) is 14.2. The summed E-state index contributed by atoms with van der Waals surface area (Å²) in [5, 5.41) is 17.8. The number of benzene rings is 2. The van der Waals surface area contributed by atoms with Crippen LogP contribution in [0.5, 0.6) is 11.5 Å². The van der Waals surface area contributed by atoms with E-state index in [9.17, 15) is 9.90 Å². The summed E-state index contributed by atoms with van der Waals surface area (Å²) in [5.41, 5.74) is 1.08. The van der Waals surface area contributed by atoms with Gasteiger partial charge in [-0.05, 0) is 29.8 Å². The molecule has 0 fully saturated rings. The minimum Gasteiger partial charge on any atom is -0.497 e. The molecule has 27 heavy (non-hydrogen) atoms. The lowest BCUT2D eigenvalue weighted by molar-refractivity contribution is 0.0687. The fraction of sp³-hybridized carbons (Fsp3) is 0.167. The predicted molar refractivity (Wildman–Crippen MR) is 99.9 cm³/mol. The first-order chi connectivity index (χ1) is 13.0. The molecule has 3 rings (SSSR count). The normalized spacial score (nSPS) is 10.6. The van der Waals surface area contributed by atoms with Crippen molar-refractivity contribution < 1.29 is 19.4 Å². The van der Waals surface area contributed by atoms with E-state index >= 15 is 0 Å². The molecule has 1 N–H and O–H groups in total. The number of halogens is 2. The lowest BCUT2D eigenvalue weighted by Crippen LogP contribution is -2.12. The van der Waals surface area contributed by atoms with Gasteiger partial charge in [-0.3, -0.25) is 0 Å². The van der Waals surface area contributed by atoms with Crippen LogP contribution in [0.2, 0.25) is 10.0 Å². The van der Waals surface area contributed by atoms with Crippen LogP contribution in [0.15, 0.2) is 42.5 Å². The van der Waals surface area contributed by atoms with E-state index in [2.05, 4.69) is 10.3 Å². The average molecular weight is 408 g/mol. The Morgan fingerprint density at radius 2 is 1.81 bits per heavy atom. The van der Waals surface area contributed by atoms with Gasteiger partial charge in [0.15, 0.2) is 5.69 Å². The van der Waals surface area contributed by atoms with Crippen molar-refractivity contribution in [2.75, 3.05) is 7.11 Å². The Kier molecular flexibility index (Phi) is 5.83. The van der Waals surface area contributed by atoms with Crippen LogP contribution in [0, 0.1) is 0 Å². The second-order valence-corrected chi connectivity index (χ2v) is 6.37. The van der Waals surface area contributed by atoms with Crippen LogP contribution >= 0.6 is 23.2 Å². The first kappa shape index (κ1) is 19.0. The second kappa shape index (κ2) is 8.28. The van der Waals surface area contributed by atoms with Gasteiger partial charge in [-0.2, -0.15) is 0 Å². The zero-order valence-corrected chi connectivity index (χ0v) is 15.7. The molecule has 0 radical (unpaired) electrons. The number of ether oxygens (including phenoxy) is 2. The molecule has 0 aliphatic carbocycles. The maximum Gasteiger partial charge on any atom is 0.358 e. The summed E-state index contributed by atoms with van der Waals surface area (Å²) in [5.74, 6) is 0.00777. The SMILES string of the molecule is COc1ccc(Cn2nnc(C(=O)O)c2COc2ccc(Cl)c(Cl)c2)cc1. The van der Waals surface area contributed by atoms with Crippen molar-refractivity contribution in [3.8, 4) is 11.5 Å². The van der Waals surface area contributed by atoms with Crippen LogP contribution in [-0.2, 0) is 13.2 Å². The molecule has 0 spiro atoms. The van der Waals surface area contributed by atoms with Gasteiger partial charge in [0, 0.05) is 6.07 Å². The third-order valence-corrected chi connectivity index (χ3v) is 4.54. The van der Waals surface area contributed by atoms with Crippen LogP contribution in [0.3, 0.4) is 0 Å². The molecule has 0 bridgehead atoms. The van der Waals surface area contributed by atoms with Gasteiger partial charge in [-0.15, -0.1) is 5.10 Å². The van der Waals surface area contributed by atoms with E-state index in [0.717, 1.165) is 11.3 Å². The van der Waals surface area contributed by atoms with E-state index in [1.807, 2.05) is 24.3 Å². The summed E-state index contributed by atoms with van der Waals surface area (Å²) >= 11 is 11.9. The molecule has 9 heteroatoms. The minimum absolute atomic E-state index is 0.0389. The maximum atomic E-state index is 11.5. The highest BCUT2D eigenvalue weighted by Gasteiger charge is 2.20. The van der Waals surface area contributed by atoms with E-state index < -0.39 is 5.97 Å². The highest BCUT2D eigenvalue weighted by Crippen LogP contribution is 2.27. The first-order valence-corrected chi connectivity index (χ1v) is 8.60. The standard InChI is InChI=1S/C18H15Cl2N3O4/c1-26-12-4-2-11(3-5-12)9-23-16(17(18(24)25)21-22-23)10-27-13-6-7-14(19)15(20)8-13/h2-8H,9-10H2,1H3,(H,24,25). The van der Waals surface area contributed by atoms with E-state index in [-0.39, 0.29) is 12.3 Å². The molecule has 140 valence electrons. The van der Waals surface area contributed by atoms with Crippen molar-refractivity contribution in [1.82, 2.24) is 15.0 Å². The fourth-order valence-corrected chi connectivity index (χ4v) is 2.68. The summed E-state index contributed by atoms with van der Waals surface area (Å²) < 4.78 is 12.3. The van der Waals surface area contributed by atoms with Crippen molar-refractivity contribution in [2.24, 2.45) is 0 Å². The molecule has 0 unspecified atom stereocenters. The Morgan fingerprint density at radius 1 is 1.11 bits per heavy atom. The number of carboxylic acid groups (broad SMARTS) is 1. The van der Waals surface area contributed by atoms with Gasteiger partial charge in [0.25, 0.3) is 0 Å². The van der Waals surface area contributed by atoms with Gasteiger partial charge >= 0.3 is 5.97 Å². The molecule has 0 atom stereocenters. The number of hydrogen-bond acceptors (Lipinski definition) is 5. The molecule has 7 nitrogen and oxygen atoms in total. The third-order valence-electron chi connectivity index (χ3n) is 3.80. The van der Waals surface area contributed by atoms with Gasteiger partial charge in [0.1, 0.15) is 23.8 Å². The second-order valence-electron chi connectivity index (χ2n) is 5.56. The molecular formula is C18H15Cl2N3O4. The summed E-state index contributed by atoms with van der Waals surface area (Å²) in [6.07, 6.45) is 0. The van der Waals surface area contributed by atoms with Crippen LogP contribution in [-0.4, -0.2) is 33.2 Å². The molecule has 3 aromatic rings. The maximum absolute atomic E-state index is 11.5. The van der Waals surface area contributed by atoms with Crippen LogP contribution < -0.4 is 9.47 Å². The van der Waals surface area contributed by atoms with E-state index in [4.69, 9.17) is 32.7 Å². The lowest BCUT2D eigenvalue weighted by atomic mass is 10.2. The molecule has 0 aliphatic heterocycles. The zero-order chi connectivity index (χ0) is 19.4. The Morgan fingerprint density at radius 3 is 2.44 bits per heavy atom. The molecule has 0 saturated carbocycles. The Hall–Kier alpha value is -2.77. The minimum atomic E-state index is -1.18. The molecule has 2 aromatic carbocycles. The van der Waals surface area contributed by atoms with Gasteiger partial charge in [0.05, 0.1) is 23.7 Å². The number of methoxy groups -OCH3 is 1. The molecular weight excluding hydrogens is 393 g/mol. The number of hydrogen-bond donors (Lipinski definition) is 1. The van der Waals surface area contributed by atoms with Crippen molar-refractivity contribution in [2.45, 2.75) is 13.2 Å². The Balaban J connectivity index is 1.82. The number of aromatic nitrogens is 3. The van der Waals surface area contributed by atoms with Gasteiger partial charge < -0.3 is 14.6 Å². The largest absolute Gasteiger partial charge is 0.497 e. The van der Waals surface area contributed by atoms with E-state index in [1.54, 1.807) is 25.3 Å². The van der Waals surface area contributed by atoms with Gasteiger partial charge in [-0.1, -0.05) is 40.5 Å². The summed E-state index contributed by atoms with van der Waals surface area (Å²) in [4.78, 5) is 11.5. The average Bonchev–Trinajstić information content (AvgIpc) is 3.06. The Bertz CT molecular complexity index is 958. The van der Waals surface area contributed by atoms with Crippen LogP contribution in [0.4, 0.5) is 0 Å². The number of aromatic carboxylic acids is 1. The van der Waals surface area contributed by atoms with Crippen molar-refractivity contribution in [1.29, 1.82) is 0 Å². The molecule has 1 heterocycles. The van der Waals surface area contributed by atoms with E-state index in [0.29, 0.717) is 28.0 Å². The Labute approximate surface area is 165 Å². The molecule has 0 amide bonds. The number of nitrogens with zero attached hydrogens (tertiary/aromatic N) is 3.